The van der Waals surface area contributed by atoms with Crippen molar-refractivity contribution in [3.63, 3.8) is 0 Å². The molecule has 2 aromatic carbocycles. The zero-order valence-electron chi connectivity index (χ0n) is 21.1. The fourth-order valence-corrected chi connectivity index (χ4v) is 10.5. The molecule has 0 bridgehead atoms. The van der Waals surface area contributed by atoms with Gasteiger partial charge in [-0.25, -0.2) is 21.6 Å². The summed E-state index contributed by atoms with van der Waals surface area (Å²) in [5.74, 6) is -0.152. The van der Waals surface area contributed by atoms with E-state index < -0.39 is 31.6 Å². The van der Waals surface area contributed by atoms with Gasteiger partial charge >= 0.3 is 5.97 Å². The molecule has 2 aliphatic rings. The van der Waals surface area contributed by atoms with Gasteiger partial charge in [0, 0.05) is 26.9 Å². The number of aliphatic imine (C=N–C) groups is 1. The van der Waals surface area contributed by atoms with Crippen LogP contribution in [0.3, 0.4) is 0 Å². The molecule has 0 spiro atoms. The molecule has 14 heteroatoms. The molecule has 0 atom stereocenters. The molecule has 0 aliphatic carbocycles. The van der Waals surface area contributed by atoms with Gasteiger partial charge < -0.3 is 16.2 Å². The second-order valence-electron chi connectivity index (χ2n) is 8.29. The first-order chi connectivity index (χ1) is 17.8. The van der Waals surface area contributed by atoms with Gasteiger partial charge in [-0.1, -0.05) is 13.8 Å². The number of thioether (sulfide) groups is 2. The van der Waals surface area contributed by atoms with Crippen LogP contribution in [0.25, 0.3) is 0 Å². The molecule has 0 aromatic heterocycles. The monoisotopic (exact) mass is 599 g/mol. The highest BCUT2D eigenvalue weighted by Gasteiger charge is 2.28. The van der Waals surface area contributed by atoms with Crippen molar-refractivity contribution in [3.8, 4) is 0 Å². The Labute approximate surface area is 230 Å². The minimum atomic E-state index is -3.34. The predicted octanol–water partition coefficient (Wildman–Crippen LogP) is 2.46. The highest BCUT2D eigenvalue weighted by Crippen LogP contribution is 2.36. The summed E-state index contributed by atoms with van der Waals surface area (Å²) >= 11 is 3.00. The maximum absolute atomic E-state index is 12.1. The van der Waals surface area contributed by atoms with Crippen LogP contribution in [-0.2, 0) is 37.3 Å². The normalized spacial score (nSPS) is 16.6. The predicted molar refractivity (Wildman–Crippen MR) is 149 cm³/mol. The van der Waals surface area contributed by atoms with Crippen molar-refractivity contribution < 1.29 is 31.2 Å². The average molecular weight is 600 g/mol. The molecule has 2 aliphatic heterocycles. The van der Waals surface area contributed by atoms with E-state index in [9.17, 15) is 26.4 Å². The maximum atomic E-state index is 12.1. The van der Waals surface area contributed by atoms with Crippen molar-refractivity contribution in [2.45, 2.75) is 46.3 Å². The summed E-state index contributed by atoms with van der Waals surface area (Å²) < 4.78 is 52.8. The van der Waals surface area contributed by atoms with E-state index in [0.717, 1.165) is 16.0 Å². The van der Waals surface area contributed by atoms with Gasteiger partial charge in [0.15, 0.2) is 25.6 Å². The number of nitrogens with two attached hydrogens (primary N) is 2. The summed E-state index contributed by atoms with van der Waals surface area (Å²) in [7, 11) is -5.30. The summed E-state index contributed by atoms with van der Waals surface area (Å²) in [6, 6.07) is 6.39. The molecule has 0 saturated heterocycles. The van der Waals surface area contributed by atoms with Gasteiger partial charge in [0.05, 0.1) is 34.0 Å². The number of fused-ring (bicyclic) bond motifs is 2. The van der Waals surface area contributed by atoms with E-state index in [1.54, 1.807) is 12.1 Å². The van der Waals surface area contributed by atoms with Gasteiger partial charge in [0.2, 0.25) is 0 Å². The Bertz CT molecular complexity index is 1510. The van der Waals surface area contributed by atoms with E-state index in [-0.39, 0.29) is 32.8 Å². The van der Waals surface area contributed by atoms with Crippen molar-refractivity contribution in [1.29, 1.82) is 0 Å². The lowest BCUT2D eigenvalue weighted by Gasteiger charge is -2.18. The number of aryl methyl sites for hydroxylation is 2. The van der Waals surface area contributed by atoms with E-state index in [4.69, 9.17) is 16.2 Å². The quantitative estimate of drug-likeness (QED) is 0.300. The summed E-state index contributed by atoms with van der Waals surface area (Å²) in [4.78, 5) is 29.0. The molecule has 0 unspecified atom stereocenters. The molecule has 10 nitrogen and oxygen atoms in total. The highest BCUT2D eigenvalue weighted by molar-refractivity contribution is 8.03. The zero-order valence-corrected chi connectivity index (χ0v) is 24.4. The van der Waals surface area contributed by atoms with Crippen LogP contribution in [0.15, 0.2) is 48.8 Å². The van der Waals surface area contributed by atoms with E-state index in [1.165, 1.54) is 42.8 Å². The van der Waals surface area contributed by atoms with Gasteiger partial charge in [-0.2, -0.15) is 4.99 Å². The third-order valence-corrected chi connectivity index (χ3v) is 12.2. The van der Waals surface area contributed by atoms with E-state index in [0.29, 0.717) is 34.8 Å². The Morgan fingerprint density at radius 3 is 1.71 bits per heavy atom. The van der Waals surface area contributed by atoms with Crippen LogP contribution >= 0.6 is 23.5 Å². The first-order valence-corrected chi connectivity index (χ1v) is 16.9. The minimum absolute atomic E-state index is 0.0755. The number of benzene rings is 2. The van der Waals surface area contributed by atoms with E-state index in [2.05, 4.69) is 4.99 Å². The Kier molecular flexibility index (Phi) is 9.55. The van der Waals surface area contributed by atoms with Crippen molar-refractivity contribution >= 4 is 61.0 Å². The number of carbonyl (C=O) groups is 2. The Balaban J connectivity index is 0.000000212. The fraction of sp³-hybridized carbons (Fsp3) is 0.375. The lowest BCUT2D eigenvalue weighted by molar-refractivity contribution is 0.0599. The van der Waals surface area contributed by atoms with Crippen LogP contribution in [0.2, 0.25) is 0 Å². The topological polar surface area (TPSA) is 176 Å². The van der Waals surface area contributed by atoms with Gasteiger partial charge in [-0.3, -0.25) is 4.79 Å². The van der Waals surface area contributed by atoms with Gasteiger partial charge in [-0.15, -0.1) is 23.5 Å². The SMILES string of the molecule is CCc1cc2c(cc1C(=O)N=C(N)N)S(=O)(=O)CCS2.CCc1cc2c(cc1C(=O)OC)S(=O)(=O)CCS2. The summed E-state index contributed by atoms with van der Waals surface area (Å²) in [6.07, 6.45) is 1.26. The second kappa shape index (κ2) is 12.1. The van der Waals surface area contributed by atoms with Crippen molar-refractivity contribution in [3.05, 3.63) is 46.5 Å². The first kappa shape index (κ1) is 30.0. The largest absolute Gasteiger partial charge is 0.465 e. The number of rotatable bonds is 4. The second-order valence-corrected chi connectivity index (χ2v) is 14.7. The molecule has 2 heterocycles. The van der Waals surface area contributed by atoms with Gasteiger partial charge in [-0.05, 0) is 48.2 Å². The zero-order chi connectivity index (χ0) is 28.3. The van der Waals surface area contributed by atoms with Crippen LogP contribution in [0.5, 0.6) is 0 Å². The fourth-order valence-electron chi connectivity index (χ4n) is 3.92. The smallest absolute Gasteiger partial charge is 0.338 e. The lowest BCUT2D eigenvalue weighted by atomic mass is 10.0. The van der Waals surface area contributed by atoms with Crippen LogP contribution < -0.4 is 11.5 Å². The van der Waals surface area contributed by atoms with Gasteiger partial charge in [0.1, 0.15) is 0 Å². The number of guanidine groups is 1. The molecule has 0 radical (unpaired) electrons. The molecular formula is C24H29N3O7S4. The van der Waals surface area contributed by atoms with Crippen LogP contribution in [0.1, 0.15) is 45.7 Å². The number of sulfone groups is 2. The third-order valence-electron chi connectivity index (χ3n) is 5.86. The number of ether oxygens (including phenoxy) is 1. The van der Waals surface area contributed by atoms with Crippen molar-refractivity contribution in [2.75, 3.05) is 30.1 Å². The van der Waals surface area contributed by atoms with Gasteiger partial charge in [0.25, 0.3) is 5.91 Å². The Morgan fingerprint density at radius 2 is 1.29 bits per heavy atom. The Morgan fingerprint density at radius 1 is 0.842 bits per heavy atom. The molecule has 2 aromatic rings. The maximum Gasteiger partial charge on any atom is 0.338 e. The van der Waals surface area contributed by atoms with Crippen LogP contribution in [-0.4, -0.2) is 64.8 Å². The summed E-state index contributed by atoms with van der Waals surface area (Å²) in [6.45, 7) is 3.81. The number of carbonyl (C=O) groups excluding carboxylic acids is 2. The van der Waals surface area contributed by atoms with E-state index >= 15 is 0 Å². The number of nitrogens with zero attached hydrogens (tertiary/aromatic N) is 1. The molecular weight excluding hydrogens is 571 g/mol. The molecule has 1 amide bonds. The molecule has 4 N–H and O–H groups in total. The van der Waals surface area contributed by atoms with Crippen molar-refractivity contribution in [2.24, 2.45) is 16.5 Å². The summed E-state index contributed by atoms with van der Waals surface area (Å²) in [5.41, 5.74) is 12.6. The number of esters is 1. The first-order valence-electron chi connectivity index (χ1n) is 11.6. The highest BCUT2D eigenvalue weighted by atomic mass is 32.2. The number of methoxy groups -OCH3 is 1. The number of hydrogen-bond donors (Lipinski definition) is 2. The molecule has 206 valence electrons. The lowest BCUT2D eigenvalue weighted by Crippen LogP contribution is -2.24. The number of amides is 1. The molecule has 0 fully saturated rings. The molecule has 38 heavy (non-hydrogen) atoms. The van der Waals surface area contributed by atoms with Crippen LogP contribution in [0.4, 0.5) is 0 Å². The average Bonchev–Trinajstić information content (AvgIpc) is 2.86. The third kappa shape index (κ3) is 6.53. The summed E-state index contributed by atoms with van der Waals surface area (Å²) in [5, 5.41) is 0. The molecule has 0 saturated carbocycles. The number of hydrogen-bond acceptors (Lipinski definition) is 9. The Hall–Kier alpha value is -2.55. The molecule has 4 rings (SSSR count). The van der Waals surface area contributed by atoms with Crippen molar-refractivity contribution in [1.82, 2.24) is 0 Å². The minimum Gasteiger partial charge on any atom is -0.465 e. The standard InChI is InChI=1S/C12H15N3O3S2.C12H14O4S2/c1-2-7-5-9-10(20(17,18)4-3-19-9)6-8(7)11(16)15-12(13)14;1-3-8-6-10-11(7-9(8)12(13)16-2)18(14,15)5-4-17-10/h5-6H,2-4H2,1H3,(H4,13,14,15,16);6-7H,3-5H2,1-2H3. The van der Waals surface area contributed by atoms with Crippen LogP contribution in [0, 0.1) is 0 Å². The van der Waals surface area contributed by atoms with E-state index in [1.807, 2.05) is 13.8 Å².